The fourth-order valence-corrected chi connectivity index (χ4v) is 2.99. The Bertz CT molecular complexity index is 963. The van der Waals surface area contributed by atoms with Crippen LogP contribution in [0.2, 0.25) is 5.02 Å². The van der Waals surface area contributed by atoms with Crippen molar-refractivity contribution in [1.82, 2.24) is 9.78 Å². The zero-order chi connectivity index (χ0) is 19.2. The molecule has 1 aromatic carbocycles. The fraction of sp³-hybridized carbons (Fsp3) is 0.105. The molecule has 0 atom stereocenters. The molecule has 8 heteroatoms. The number of carbonyl (C=O) groups is 2. The number of hydrogen-bond acceptors (Lipinski definition) is 5. The van der Waals surface area contributed by atoms with Crippen molar-refractivity contribution in [3.63, 3.8) is 0 Å². The van der Waals surface area contributed by atoms with E-state index >= 15 is 0 Å². The molecule has 0 saturated carbocycles. The van der Waals surface area contributed by atoms with Crippen LogP contribution in [0, 0.1) is 0 Å². The third-order valence-corrected chi connectivity index (χ3v) is 4.65. The average Bonchev–Trinajstić information content (AvgIpc) is 3.29. The lowest BCUT2D eigenvalue weighted by Crippen LogP contribution is -2.21. The van der Waals surface area contributed by atoms with Crippen molar-refractivity contribution in [1.29, 1.82) is 0 Å². The average molecular weight is 402 g/mol. The van der Waals surface area contributed by atoms with E-state index in [4.69, 9.17) is 16.3 Å². The lowest BCUT2D eigenvalue weighted by atomic mass is 10.1. The number of nitrogens with zero attached hydrogens (tertiary/aromatic N) is 2. The van der Waals surface area contributed by atoms with Gasteiger partial charge in [-0.25, -0.2) is 4.79 Å². The number of aryl methyl sites for hydroxylation is 1. The van der Waals surface area contributed by atoms with E-state index in [1.54, 1.807) is 36.0 Å². The molecule has 0 fully saturated rings. The smallest absolute Gasteiger partial charge is 0.331 e. The summed E-state index contributed by atoms with van der Waals surface area (Å²) in [6, 6.07) is 12.7. The minimum atomic E-state index is -0.578. The van der Waals surface area contributed by atoms with Gasteiger partial charge in [-0.05, 0) is 29.7 Å². The van der Waals surface area contributed by atoms with Crippen molar-refractivity contribution >= 4 is 46.7 Å². The van der Waals surface area contributed by atoms with E-state index in [0.29, 0.717) is 16.5 Å². The van der Waals surface area contributed by atoms with Gasteiger partial charge in [0.1, 0.15) is 5.82 Å². The van der Waals surface area contributed by atoms with Gasteiger partial charge in [0.15, 0.2) is 6.61 Å². The molecular formula is C19H16ClN3O3S. The number of anilines is 1. The number of nitrogens with one attached hydrogen (secondary N) is 1. The van der Waals surface area contributed by atoms with Crippen molar-refractivity contribution in [3.05, 3.63) is 63.8 Å². The molecule has 0 bridgehead atoms. The first-order valence-corrected chi connectivity index (χ1v) is 9.25. The molecule has 0 unspecified atom stereocenters. The second kappa shape index (κ2) is 8.66. The van der Waals surface area contributed by atoms with E-state index in [2.05, 4.69) is 10.4 Å². The van der Waals surface area contributed by atoms with E-state index in [1.807, 2.05) is 29.6 Å². The van der Waals surface area contributed by atoms with Crippen LogP contribution >= 0.6 is 22.9 Å². The molecule has 2 aromatic heterocycles. The van der Waals surface area contributed by atoms with E-state index in [9.17, 15) is 9.59 Å². The molecule has 138 valence electrons. The number of aromatic nitrogens is 2. The summed E-state index contributed by atoms with van der Waals surface area (Å²) < 4.78 is 6.48. The molecule has 0 aliphatic carbocycles. The number of benzene rings is 1. The first-order chi connectivity index (χ1) is 13.0. The molecule has 2 heterocycles. The summed E-state index contributed by atoms with van der Waals surface area (Å²) in [4.78, 5) is 24.6. The van der Waals surface area contributed by atoms with Gasteiger partial charge in [0.05, 0.1) is 5.69 Å². The fourth-order valence-electron chi connectivity index (χ4n) is 2.25. The van der Waals surface area contributed by atoms with E-state index in [0.717, 1.165) is 10.4 Å². The molecule has 6 nitrogen and oxygen atoms in total. The Balaban J connectivity index is 1.55. The van der Waals surface area contributed by atoms with E-state index in [1.165, 1.54) is 17.4 Å². The first-order valence-electron chi connectivity index (χ1n) is 7.99. The van der Waals surface area contributed by atoms with Crippen LogP contribution in [0.3, 0.4) is 0 Å². The Morgan fingerprint density at radius 2 is 2.07 bits per heavy atom. The Hall–Kier alpha value is -2.90. The van der Waals surface area contributed by atoms with Gasteiger partial charge in [0, 0.05) is 34.7 Å². The van der Waals surface area contributed by atoms with Crippen LogP contribution in [0.4, 0.5) is 5.82 Å². The molecule has 0 aliphatic rings. The monoisotopic (exact) mass is 401 g/mol. The third kappa shape index (κ3) is 5.29. The second-order valence-corrected chi connectivity index (χ2v) is 6.97. The highest BCUT2D eigenvalue weighted by Crippen LogP contribution is 2.23. The summed E-state index contributed by atoms with van der Waals surface area (Å²) in [5.74, 6) is -0.529. The highest BCUT2D eigenvalue weighted by atomic mass is 35.5. The van der Waals surface area contributed by atoms with Gasteiger partial charge in [-0.1, -0.05) is 29.8 Å². The minimum absolute atomic E-state index is 0.380. The number of esters is 1. The Morgan fingerprint density at radius 3 is 2.78 bits per heavy atom. The van der Waals surface area contributed by atoms with Crippen molar-refractivity contribution in [2.75, 3.05) is 11.9 Å². The Morgan fingerprint density at radius 1 is 1.30 bits per heavy atom. The summed E-state index contributed by atoms with van der Waals surface area (Å²) in [5, 5.41) is 9.58. The number of ether oxygens (including phenoxy) is 1. The predicted molar refractivity (Wildman–Crippen MR) is 107 cm³/mol. The van der Waals surface area contributed by atoms with Gasteiger partial charge in [0.2, 0.25) is 0 Å². The number of thiophene rings is 1. The van der Waals surface area contributed by atoms with Gasteiger partial charge in [0.25, 0.3) is 5.91 Å². The van der Waals surface area contributed by atoms with Crippen LogP contribution in [0.15, 0.2) is 53.9 Å². The SMILES string of the molecule is Cn1nc(-c2ccc(Cl)cc2)cc1NC(=O)COC(=O)/C=C/c1cccs1. The summed E-state index contributed by atoms with van der Waals surface area (Å²) in [7, 11) is 1.71. The lowest BCUT2D eigenvalue weighted by molar-refractivity contribution is -0.142. The van der Waals surface area contributed by atoms with Gasteiger partial charge in [-0.15, -0.1) is 11.3 Å². The highest BCUT2D eigenvalue weighted by molar-refractivity contribution is 7.10. The van der Waals surface area contributed by atoms with Gasteiger partial charge in [-0.2, -0.15) is 5.10 Å². The number of halogens is 1. The summed E-state index contributed by atoms with van der Waals surface area (Å²) in [6.45, 7) is -0.380. The summed E-state index contributed by atoms with van der Waals surface area (Å²) in [5.41, 5.74) is 1.57. The maximum Gasteiger partial charge on any atom is 0.331 e. The van der Waals surface area contributed by atoms with E-state index in [-0.39, 0.29) is 6.61 Å². The lowest BCUT2D eigenvalue weighted by Gasteiger charge is -2.04. The maximum atomic E-state index is 12.0. The minimum Gasteiger partial charge on any atom is -0.452 e. The van der Waals surface area contributed by atoms with Gasteiger partial charge >= 0.3 is 5.97 Å². The van der Waals surface area contributed by atoms with Gasteiger partial charge < -0.3 is 10.1 Å². The maximum absolute atomic E-state index is 12.0. The van der Waals surface area contributed by atoms with Crippen LogP contribution < -0.4 is 5.32 Å². The molecule has 3 rings (SSSR count). The van der Waals surface area contributed by atoms with Crippen molar-refractivity contribution in [3.8, 4) is 11.3 Å². The number of rotatable bonds is 6. The first kappa shape index (κ1) is 18.9. The van der Waals surface area contributed by atoms with Crippen LogP contribution in [0.25, 0.3) is 17.3 Å². The van der Waals surface area contributed by atoms with Crippen LogP contribution in [0.5, 0.6) is 0 Å². The van der Waals surface area contributed by atoms with Gasteiger partial charge in [-0.3, -0.25) is 9.48 Å². The zero-order valence-electron chi connectivity index (χ0n) is 14.4. The molecule has 0 spiro atoms. The molecular weight excluding hydrogens is 386 g/mol. The molecule has 3 aromatic rings. The van der Waals surface area contributed by atoms with Crippen LogP contribution in [-0.2, 0) is 21.4 Å². The number of hydrogen-bond donors (Lipinski definition) is 1. The topological polar surface area (TPSA) is 73.2 Å². The van der Waals surface area contributed by atoms with Crippen molar-refractivity contribution in [2.45, 2.75) is 0 Å². The zero-order valence-corrected chi connectivity index (χ0v) is 16.0. The Labute approximate surface area is 165 Å². The Kier molecular flexibility index (Phi) is 6.05. The summed E-state index contributed by atoms with van der Waals surface area (Å²) in [6.07, 6.45) is 2.94. The largest absolute Gasteiger partial charge is 0.452 e. The predicted octanol–water partition coefficient (Wildman–Crippen LogP) is 4.00. The van der Waals surface area contributed by atoms with Crippen molar-refractivity contribution in [2.24, 2.45) is 7.05 Å². The second-order valence-electron chi connectivity index (χ2n) is 5.55. The number of carbonyl (C=O) groups excluding carboxylic acids is 2. The van der Waals surface area contributed by atoms with Crippen LogP contribution in [0.1, 0.15) is 4.88 Å². The molecule has 0 radical (unpaired) electrons. The standard InChI is InChI=1S/C19H16ClN3O3S/c1-23-17(11-16(22-23)13-4-6-14(20)7-5-13)21-18(24)12-26-19(25)9-8-15-3-2-10-27-15/h2-11H,12H2,1H3,(H,21,24)/b9-8+. The van der Waals surface area contributed by atoms with Crippen molar-refractivity contribution < 1.29 is 14.3 Å². The number of amides is 1. The molecule has 0 aliphatic heterocycles. The normalized spacial score (nSPS) is 10.9. The quantitative estimate of drug-likeness (QED) is 0.500. The third-order valence-electron chi connectivity index (χ3n) is 3.56. The molecule has 27 heavy (non-hydrogen) atoms. The molecule has 1 amide bonds. The van der Waals surface area contributed by atoms with Crippen LogP contribution in [-0.4, -0.2) is 28.3 Å². The molecule has 0 saturated heterocycles. The molecule has 1 N–H and O–H groups in total. The van der Waals surface area contributed by atoms with E-state index < -0.39 is 11.9 Å². The highest BCUT2D eigenvalue weighted by Gasteiger charge is 2.11. The summed E-state index contributed by atoms with van der Waals surface area (Å²) >= 11 is 7.39.